The lowest BCUT2D eigenvalue weighted by molar-refractivity contribution is -0.140. The Labute approximate surface area is 230 Å². The Morgan fingerprint density at radius 3 is 2.45 bits per heavy atom. The van der Waals surface area contributed by atoms with Gasteiger partial charge in [-0.2, -0.15) is 9.78 Å². The smallest absolute Gasteiger partial charge is 0.338 e. The summed E-state index contributed by atoms with van der Waals surface area (Å²) in [5, 5.41) is 19.5. The van der Waals surface area contributed by atoms with E-state index >= 15 is 0 Å². The first kappa shape index (κ1) is 25.1. The van der Waals surface area contributed by atoms with Crippen molar-refractivity contribution in [3.63, 3.8) is 0 Å². The summed E-state index contributed by atoms with van der Waals surface area (Å²) in [6, 6.07) is 26.7. The molecule has 10 heteroatoms. The molecule has 0 amide bonds. The number of fused-ring (bicyclic) bond motifs is 1. The van der Waals surface area contributed by atoms with Crippen LogP contribution in [0.25, 0.3) is 0 Å². The van der Waals surface area contributed by atoms with Crippen LogP contribution in [0.5, 0.6) is 5.75 Å². The second-order valence-electron chi connectivity index (χ2n) is 9.42. The number of hydrogen-bond acceptors (Lipinski definition) is 8. The van der Waals surface area contributed by atoms with Gasteiger partial charge in [-0.1, -0.05) is 77.9 Å². The molecule has 1 aliphatic rings. The topological polar surface area (TPSA) is 109 Å². The Bertz CT molecular complexity index is 1630. The zero-order valence-electron chi connectivity index (χ0n) is 21.8. The molecule has 0 saturated carbocycles. The normalized spacial score (nSPS) is 14.4. The van der Waals surface area contributed by atoms with Crippen LogP contribution in [0.15, 0.2) is 109 Å². The molecule has 1 atom stereocenters. The summed E-state index contributed by atoms with van der Waals surface area (Å²) in [7, 11) is 0. The fraction of sp³-hybridized carbons (Fsp3) is 0.167. The minimum atomic E-state index is -0.637. The summed E-state index contributed by atoms with van der Waals surface area (Å²) in [6.07, 6.45) is 3.67. The van der Waals surface area contributed by atoms with E-state index in [0.29, 0.717) is 36.1 Å². The summed E-state index contributed by atoms with van der Waals surface area (Å²) in [5.74, 6) is 0.602. The number of hydrogen-bond donors (Lipinski definition) is 1. The Morgan fingerprint density at radius 1 is 0.900 bits per heavy atom. The maximum Gasteiger partial charge on any atom is 0.338 e. The van der Waals surface area contributed by atoms with Crippen molar-refractivity contribution in [3.05, 3.63) is 131 Å². The van der Waals surface area contributed by atoms with Gasteiger partial charge in [-0.25, -0.2) is 4.79 Å². The molecule has 0 spiro atoms. The van der Waals surface area contributed by atoms with Crippen molar-refractivity contribution in [1.82, 2.24) is 30.0 Å². The van der Waals surface area contributed by atoms with Crippen LogP contribution in [0, 0.1) is 0 Å². The molecule has 1 aliphatic heterocycles. The van der Waals surface area contributed by atoms with Crippen molar-refractivity contribution >= 4 is 11.9 Å². The van der Waals surface area contributed by atoms with E-state index in [0.717, 1.165) is 22.3 Å². The number of aromatic nitrogens is 6. The minimum absolute atomic E-state index is 0.124. The average molecular weight is 534 g/mol. The van der Waals surface area contributed by atoms with Gasteiger partial charge in [0, 0.05) is 23.7 Å². The molecule has 200 valence electrons. The highest BCUT2D eigenvalue weighted by molar-refractivity contribution is 5.92. The summed E-state index contributed by atoms with van der Waals surface area (Å²) in [4.78, 5) is 13.6. The second kappa shape index (κ2) is 11.2. The Kier molecular flexibility index (Phi) is 7.04. The van der Waals surface area contributed by atoms with E-state index in [2.05, 4.69) is 25.9 Å². The molecule has 0 bridgehead atoms. The number of esters is 1. The van der Waals surface area contributed by atoms with Crippen molar-refractivity contribution in [2.45, 2.75) is 32.7 Å². The van der Waals surface area contributed by atoms with Crippen LogP contribution in [0.3, 0.4) is 0 Å². The third kappa shape index (κ3) is 5.32. The Hall–Kier alpha value is -5.25. The number of nitrogens with one attached hydrogen (secondary N) is 1. The lowest BCUT2D eigenvalue weighted by atomic mass is 9.95. The molecular formula is C30H27N7O3. The van der Waals surface area contributed by atoms with E-state index in [4.69, 9.17) is 9.47 Å². The Balaban J connectivity index is 1.23. The van der Waals surface area contributed by atoms with Crippen LogP contribution in [-0.2, 0) is 29.3 Å². The monoisotopic (exact) mass is 533 g/mol. The van der Waals surface area contributed by atoms with Gasteiger partial charge in [-0.3, -0.25) is 4.68 Å². The molecule has 6 rings (SSSR count). The first-order valence-electron chi connectivity index (χ1n) is 12.9. The van der Waals surface area contributed by atoms with Crippen molar-refractivity contribution in [2.75, 3.05) is 5.32 Å². The summed E-state index contributed by atoms with van der Waals surface area (Å²) >= 11 is 0. The van der Waals surface area contributed by atoms with Gasteiger partial charge in [0.15, 0.2) is 0 Å². The SMILES string of the molecule is CC1=C(C(=O)OCc2ccc(Cn3cccn3)cc2)C(c2ccccc2OCc2ccccc2)n2nnnc2N1. The number of tetrazole rings is 1. The minimum Gasteiger partial charge on any atom is -0.489 e. The van der Waals surface area contributed by atoms with Crippen LogP contribution in [0.2, 0.25) is 0 Å². The molecule has 10 nitrogen and oxygen atoms in total. The maximum atomic E-state index is 13.6. The molecule has 1 unspecified atom stereocenters. The van der Waals surface area contributed by atoms with Crippen LogP contribution >= 0.6 is 0 Å². The number of allylic oxidation sites excluding steroid dienone is 1. The number of para-hydroxylation sites is 1. The van der Waals surface area contributed by atoms with E-state index in [-0.39, 0.29) is 6.61 Å². The third-order valence-electron chi connectivity index (χ3n) is 6.68. The first-order chi connectivity index (χ1) is 19.7. The predicted octanol–water partition coefficient (Wildman–Crippen LogP) is 4.53. The van der Waals surface area contributed by atoms with Gasteiger partial charge in [-0.05, 0) is 46.2 Å². The average Bonchev–Trinajstić information content (AvgIpc) is 3.68. The van der Waals surface area contributed by atoms with Gasteiger partial charge in [-0.15, -0.1) is 0 Å². The number of benzene rings is 3. The second-order valence-corrected chi connectivity index (χ2v) is 9.42. The number of nitrogens with zero attached hydrogens (tertiary/aromatic N) is 6. The van der Waals surface area contributed by atoms with E-state index in [9.17, 15) is 4.79 Å². The lowest BCUT2D eigenvalue weighted by Gasteiger charge is -2.28. The van der Waals surface area contributed by atoms with Gasteiger partial charge in [0.1, 0.15) is 25.0 Å². The van der Waals surface area contributed by atoms with Crippen molar-refractivity contribution in [2.24, 2.45) is 0 Å². The predicted molar refractivity (Wildman–Crippen MR) is 147 cm³/mol. The molecule has 0 saturated heterocycles. The van der Waals surface area contributed by atoms with Crippen molar-refractivity contribution in [1.29, 1.82) is 0 Å². The molecule has 40 heavy (non-hydrogen) atoms. The molecule has 5 aromatic rings. The quantitative estimate of drug-likeness (QED) is 0.275. The van der Waals surface area contributed by atoms with E-state index in [1.807, 2.05) is 103 Å². The standard InChI is InChI=1S/C30H27N7O3/c1-21-27(29(38)40-20-24-14-12-22(13-15-24)18-36-17-7-16-31-36)28(37-30(32-21)33-34-35-37)25-10-5-6-11-26(25)39-19-23-8-3-2-4-9-23/h2-17,28H,18-20H2,1H3,(H,32,33,35). The summed E-state index contributed by atoms with van der Waals surface area (Å²) in [5.41, 5.74) is 4.80. The highest BCUT2D eigenvalue weighted by atomic mass is 16.5. The van der Waals surface area contributed by atoms with Gasteiger partial charge in [0.25, 0.3) is 0 Å². The van der Waals surface area contributed by atoms with Gasteiger partial charge < -0.3 is 14.8 Å². The van der Waals surface area contributed by atoms with Crippen LogP contribution in [-0.4, -0.2) is 36.0 Å². The van der Waals surface area contributed by atoms with Crippen molar-refractivity contribution < 1.29 is 14.3 Å². The van der Waals surface area contributed by atoms with E-state index < -0.39 is 12.0 Å². The van der Waals surface area contributed by atoms with E-state index in [1.54, 1.807) is 10.9 Å². The number of rotatable bonds is 9. The zero-order valence-corrected chi connectivity index (χ0v) is 21.8. The fourth-order valence-corrected chi connectivity index (χ4v) is 4.69. The molecular weight excluding hydrogens is 506 g/mol. The third-order valence-corrected chi connectivity index (χ3v) is 6.68. The zero-order chi connectivity index (χ0) is 27.3. The fourth-order valence-electron chi connectivity index (χ4n) is 4.69. The molecule has 0 radical (unpaired) electrons. The van der Waals surface area contributed by atoms with E-state index in [1.165, 1.54) is 0 Å². The highest BCUT2D eigenvalue weighted by Crippen LogP contribution is 2.39. The Morgan fingerprint density at radius 2 is 1.65 bits per heavy atom. The van der Waals surface area contributed by atoms with Crippen LogP contribution < -0.4 is 10.1 Å². The van der Waals surface area contributed by atoms with Crippen LogP contribution in [0.4, 0.5) is 5.95 Å². The molecule has 0 aliphatic carbocycles. The number of anilines is 1. The highest BCUT2D eigenvalue weighted by Gasteiger charge is 2.36. The molecule has 0 fully saturated rings. The number of carbonyl (C=O) groups is 1. The van der Waals surface area contributed by atoms with Gasteiger partial charge in [0.05, 0.1) is 12.1 Å². The maximum absolute atomic E-state index is 13.6. The summed E-state index contributed by atoms with van der Waals surface area (Å²) < 4.78 is 15.5. The number of carbonyl (C=O) groups excluding carboxylic acids is 1. The van der Waals surface area contributed by atoms with Crippen LogP contribution in [0.1, 0.15) is 35.2 Å². The summed E-state index contributed by atoms with van der Waals surface area (Å²) in [6.45, 7) is 3.00. The largest absolute Gasteiger partial charge is 0.489 e. The number of ether oxygens (including phenoxy) is 2. The molecule has 2 aromatic heterocycles. The van der Waals surface area contributed by atoms with Gasteiger partial charge in [0.2, 0.25) is 5.95 Å². The molecule has 1 N–H and O–H groups in total. The molecule has 3 heterocycles. The molecule has 3 aromatic carbocycles. The lowest BCUT2D eigenvalue weighted by Crippen LogP contribution is -2.30. The van der Waals surface area contributed by atoms with Crippen molar-refractivity contribution in [3.8, 4) is 5.75 Å². The van der Waals surface area contributed by atoms with Gasteiger partial charge >= 0.3 is 5.97 Å². The first-order valence-corrected chi connectivity index (χ1v) is 12.9.